The van der Waals surface area contributed by atoms with Crippen LogP contribution in [0.3, 0.4) is 0 Å². The summed E-state index contributed by atoms with van der Waals surface area (Å²) in [5, 5.41) is 2.75. The van der Waals surface area contributed by atoms with Gasteiger partial charge in [-0.1, -0.05) is 31.2 Å². The number of anilines is 1. The number of methoxy groups -OCH3 is 1. The lowest BCUT2D eigenvalue weighted by atomic mass is 10.1. The molecule has 1 atom stereocenters. The van der Waals surface area contributed by atoms with Crippen molar-refractivity contribution in [3.8, 4) is 5.75 Å². The average Bonchev–Trinajstić information content (AvgIpc) is 2.67. The molecule has 0 fully saturated rings. The highest BCUT2D eigenvalue weighted by atomic mass is 16.5. The van der Waals surface area contributed by atoms with Gasteiger partial charge in [-0.3, -0.25) is 9.59 Å². The maximum atomic E-state index is 12.1. The minimum Gasteiger partial charge on any atom is -0.497 e. The van der Waals surface area contributed by atoms with Crippen LogP contribution in [0.2, 0.25) is 0 Å². The molecule has 0 saturated carbocycles. The molecule has 26 heavy (non-hydrogen) atoms. The Hall–Kier alpha value is -2.82. The summed E-state index contributed by atoms with van der Waals surface area (Å²) in [5.41, 5.74) is 2.89. The van der Waals surface area contributed by atoms with Gasteiger partial charge >= 0.3 is 5.97 Å². The van der Waals surface area contributed by atoms with Crippen molar-refractivity contribution in [2.24, 2.45) is 0 Å². The standard InChI is InChI=1S/C21H25NO4/c1-4-16-5-10-18(11-6-16)22-21(24)15(2)26-20(23)14-9-17-7-12-19(25-3)13-8-17/h5-8,10-13,15H,4,9,14H2,1-3H3,(H,22,24)/t15-/m0/s1. The number of benzene rings is 2. The molecule has 1 N–H and O–H groups in total. The summed E-state index contributed by atoms with van der Waals surface area (Å²) in [6.07, 6.45) is 0.866. The van der Waals surface area contributed by atoms with Crippen LogP contribution in [0.1, 0.15) is 31.4 Å². The summed E-state index contributed by atoms with van der Waals surface area (Å²) >= 11 is 0. The summed E-state index contributed by atoms with van der Waals surface area (Å²) < 4.78 is 10.3. The van der Waals surface area contributed by atoms with Crippen LogP contribution in [0.4, 0.5) is 5.69 Å². The van der Waals surface area contributed by atoms with Crippen molar-refractivity contribution in [1.82, 2.24) is 0 Å². The van der Waals surface area contributed by atoms with Gasteiger partial charge in [-0.15, -0.1) is 0 Å². The molecule has 0 heterocycles. The number of amides is 1. The highest BCUT2D eigenvalue weighted by molar-refractivity contribution is 5.95. The minimum absolute atomic E-state index is 0.217. The van der Waals surface area contributed by atoms with Gasteiger partial charge in [0, 0.05) is 12.1 Å². The summed E-state index contributed by atoms with van der Waals surface area (Å²) in [4.78, 5) is 24.1. The Bertz CT molecular complexity index is 723. The van der Waals surface area contributed by atoms with Crippen molar-refractivity contribution in [2.45, 2.75) is 39.2 Å². The topological polar surface area (TPSA) is 64.6 Å². The predicted molar refractivity (Wildman–Crippen MR) is 101 cm³/mol. The third-order valence-electron chi connectivity index (χ3n) is 4.08. The fourth-order valence-electron chi connectivity index (χ4n) is 2.42. The Morgan fingerprint density at radius 1 is 1.00 bits per heavy atom. The normalized spacial score (nSPS) is 11.5. The molecule has 2 aromatic rings. The molecule has 0 spiro atoms. The molecule has 0 aliphatic heterocycles. The van der Waals surface area contributed by atoms with Crippen LogP contribution in [0.15, 0.2) is 48.5 Å². The van der Waals surface area contributed by atoms with E-state index in [0.717, 1.165) is 17.7 Å². The molecule has 0 unspecified atom stereocenters. The molecule has 0 aromatic heterocycles. The number of esters is 1. The molecule has 1 amide bonds. The number of rotatable bonds is 8. The van der Waals surface area contributed by atoms with Crippen LogP contribution < -0.4 is 10.1 Å². The Balaban J connectivity index is 1.78. The molecular weight excluding hydrogens is 330 g/mol. The highest BCUT2D eigenvalue weighted by Crippen LogP contribution is 2.14. The SMILES string of the molecule is CCc1ccc(NC(=O)[C@H](C)OC(=O)CCc2ccc(OC)cc2)cc1. The molecule has 2 rings (SSSR count). The number of carbonyl (C=O) groups is 2. The lowest BCUT2D eigenvalue weighted by molar-refractivity contribution is -0.153. The van der Waals surface area contributed by atoms with Crippen molar-refractivity contribution in [3.63, 3.8) is 0 Å². The summed E-state index contributed by atoms with van der Waals surface area (Å²) in [5.74, 6) is 0.0328. The molecule has 5 nitrogen and oxygen atoms in total. The first-order valence-corrected chi connectivity index (χ1v) is 8.74. The summed E-state index contributed by atoms with van der Waals surface area (Å²) in [6, 6.07) is 15.1. The Morgan fingerprint density at radius 3 is 2.19 bits per heavy atom. The molecule has 2 aromatic carbocycles. The zero-order valence-electron chi connectivity index (χ0n) is 15.5. The fraction of sp³-hybridized carbons (Fsp3) is 0.333. The van der Waals surface area contributed by atoms with E-state index >= 15 is 0 Å². The maximum absolute atomic E-state index is 12.1. The molecule has 0 aliphatic carbocycles. The van der Waals surface area contributed by atoms with E-state index in [0.29, 0.717) is 12.1 Å². The number of ether oxygens (including phenoxy) is 2. The van der Waals surface area contributed by atoms with Gasteiger partial charge in [0.25, 0.3) is 5.91 Å². The van der Waals surface area contributed by atoms with Crippen LogP contribution in [0.5, 0.6) is 5.75 Å². The third kappa shape index (κ3) is 5.92. The second-order valence-electron chi connectivity index (χ2n) is 6.02. The van der Waals surface area contributed by atoms with E-state index in [1.165, 1.54) is 5.56 Å². The van der Waals surface area contributed by atoms with Gasteiger partial charge < -0.3 is 14.8 Å². The first-order valence-electron chi connectivity index (χ1n) is 8.74. The van der Waals surface area contributed by atoms with Crippen LogP contribution in [-0.2, 0) is 27.2 Å². The second-order valence-corrected chi connectivity index (χ2v) is 6.02. The zero-order chi connectivity index (χ0) is 18.9. The first-order chi connectivity index (χ1) is 12.5. The molecule has 0 aliphatic rings. The van der Waals surface area contributed by atoms with Crippen LogP contribution in [0.25, 0.3) is 0 Å². The molecule has 5 heteroatoms. The number of hydrogen-bond donors (Lipinski definition) is 1. The van der Waals surface area contributed by atoms with E-state index < -0.39 is 12.1 Å². The van der Waals surface area contributed by atoms with Gasteiger partial charge in [0.15, 0.2) is 6.10 Å². The lowest BCUT2D eigenvalue weighted by Gasteiger charge is -2.14. The Kier molecular flexibility index (Phi) is 7.21. The van der Waals surface area contributed by atoms with Gasteiger partial charge in [-0.25, -0.2) is 0 Å². The van der Waals surface area contributed by atoms with E-state index in [-0.39, 0.29) is 12.3 Å². The molecule has 0 radical (unpaired) electrons. The van der Waals surface area contributed by atoms with E-state index in [2.05, 4.69) is 12.2 Å². The van der Waals surface area contributed by atoms with Crippen molar-refractivity contribution in [3.05, 3.63) is 59.7 Å². The van der Waals surface area contributed by atoms with E-state index in [1.54, 1.807) is 14.0 Å². The summed E-state index contributed by atoms with van der Waals surface area (Å²) in [6.45, 7) is 3.64. The smallest absolute Gasteiger partial charge is 0.306 e. The van der Waals surface area contributed by atoms with Crippen molar-refractivity contribution in [1.29, 1.82) is 0 Å². The zero-order valence-corrected chi connectivity index (χ0v) is 15.5. The van der Waals surface area contributed by atoms with Gasteiger partial charge in [0.05, 0.1) is 7.11 Å². The van der Waals surface area contributed by atoms with Crippen molar-refractivity contribution in [2.75, 3.05) is 12.4 Å². The quantitative estimate of drug-likeness (QED) is 0.732. The summed E-state index contributed by atoms with van der Waals surface area (Å²) in [7, 11) is 1.61. The number of carbonyl (C=O) groups excluding carboxylic acids is 2. The predicted octanol–water partition coefficient (Wildman–Crippen LogP) is 3.76. The van der Waals surface area contributed by atoms with Crippen molar-refractivity contribution < 1.29 is 19.1 Å². The second kappa shape index (κ2) is 9.61. The third-order valence-corrected chi connectivity index (χ3v) is 4.08. The highest BCUT2D eigenvalue weighted by Gasteiger charge is 2.17. The molecule has 138 valence electrons. The van der Waals surface area contributed by atoms with Crippen LogP contribution in [-0.4, -0.2) is 25.1 Å². The fourth-order valence-corrected chi connectivity index (χ4v) is 2.42. The lowest BCUT2D eigenvalue weighted by Crippen LogP contribution is -2.30. The Morgan fingerprint density at radius 2 is 1.62 bits per heavy atom. The van der Waals surface area contributed by atoms with E-state index in [9.17, 15) is 9.59 Å². The molecule has 0 saturated heterocycles. The van der Waals surface area contributed by atoms with Crippen LogP contribution >= 0.6 is 0 Å². The maximum Gasteiger partial charge on any atom is 0.306 e. The van der Waals surface area contributed by atoms with Gasteiger partial charge in [0.1, 0.15) is 5.75 Å². The van der Waals surface area contributed by atoms with E-state index in [1.807, 2.05) is 48.5 Å². The van der Waals surface area contributed by atoms with E-state index in [4.69, 9.17) is 9.47 Å². The Labute approximate surface area is 154 Å². The van der Waals surface area contributed by atoms with Gasteiger partial charge in [0.2, 0.25) is 0 Å². The first kappa shape index (κ1) is 19.5. The van der Waals surface area contributed by atoms with Crippen LogP contribution in [0, 0.1) is 0 Å². The minimum atomic E-state index is -0.843. The van der Waals surface area contributed by atoms with Gasteiger partial charge in [-0.05, 0) is 55.2 Å². The largest absolute Gasteiger partial charge is 0.497 e. The molecule has 0 bridgehead atoms. The van der Waals surface area contributed by atoms with Gasteiger partial charge in [-0.2, -0.15) is 0 Å². The van der Waals surface area contributed by atoms with Crippen molar-refractivity contribution >= 4 is 17.6 Å². The monoisotopic (exact) mass is 355 g/mol. The number of aryl methyl sites for hydroxylation is 2. The number of hydrogen-bond acceptors (Lipinski definition) is 4. The molecular formula is C21H25NO4. The average molecular weight is 355 g/mol. The number of nitrogens with one attached hydrogen (secondary N) is 1.